The highest BCUT2D eigenvalue weighted by atomic mass is 16.5. The van der Waals surface area contributed by atoms with E-state index in [1.54, 1.807) is 13.2 Å². The Morgan fingerprint density at radius 1 is 0.720 bits per heavy atom. The maximum absolute atomic E-state index is 9.88. The third-order valence-corrected chi connectivity index (χ3v) is 5.09. The van der Waals surface area contributed by atoms with Crippen LogP contribution in [0.4, 0.5) is 0 Å². The van der Waals surface area contributed by atoms with Crippen LogP contribution in [0, 0.1) is 0 Å². The standard InChI is InChI=1S/C23H40O2/c1-3-4-5-6-7-8-9-10-11-12-13-14-15-16-17-21-20-22(25-2)18-19-23(21)24/h18-20,24H,3-17H2,1-2H3. The Kier molecular flexibility index (Phi) is 13.2. The van der Waals surface area contributed by atoms with Crippen LogP contribution >= 0.6 is 0 Å². The van der Waals surface area contributed by atoms with E-state index in [2.05, 4.69) is 6.92 Å². The fourth-order valence-corrected chi connectivity index (χ4v) is 3.40. The largest absolute Gasteiger partial charge is 0.508 e. The van der Waals surface area contributed by atoms with Gasteiger partial charge >= 0.3 is 0 Å². The van der Waals surface area contributed by atoms with Gasteiger partial charge in [-0.2, -0.15) is 0 Å². The summed E-state index contributed by atoms with van der Waals surface area (Å²) < 4.78 is 5.22. The Bertz CT molecular complexity index is 428. The van der Waals surface area contributed by atoms with E-state index in [9.17, 15) is 5.11 Å². The minimum atomic E-state index is 0.399. The van der Waals surface area contributed by atoms with Crippen molar-refractivity contribution in [2.24, 2.45) is 0 Å². The number of phenols is 1. The fourth-order valence-electron chi connectivity index (χ4n) is 3.40. The molecule has 144 valence electrons. The number of ether oxygens (including phenoxy) is 1. The molecule has 1 N–H and O–H groups in total. The summed E-state index contributed by atoms with van der Waals surface area (Å²) in [6.07, 6.45) is 20.2. The molecule has 0 aliphatic rings. The second-order valence-electron chi connectivity index (χ2n) is 7.34. The van der Waals surface area contributed by atoms with Crippen LogP contribution < -0.4 is 4.74 Å². The molecule has 1 rings (SSSR count). The topological polar surface area (TPSA) is 29.5 Å². The normalized spacial score (nSPS) is 11.0. The summed E-state index contributed by atoms with van der Waals surface area (Å²) in [5, 5.41) is 9.88. The lowest BCUT2D eigenvalue weighted by molar-refractivity contribution is 0.410. The van der Waals surface area contributed by atoms with Crippen molar-refractivity contribution in [3.8, 4) is 11.5 Å². The molecule has 0 radical (unpaired) electrons. The summed E-state index contributed by atoms with van der Waals surface area (Å²) in [4.78, 5) is 0. The Hall–Kier alpha value is -1.18. The minimum absolute atomic E-state index is 0.399. The lowest BCUT2D eigenvalue weighted by Gasteiger charge is -2.07. The highest BCUT2D eigenvalue weighted by molar-refractivity contribution is 5.39. The second kappa shape index (κ2) is 15.1. The highest BCUT2D eigenvalue weighted by Gasteiger charge is 2.03. The molecule has 0 unspecified atom stereocenters. The van der Waals surface area contributed by atoms with Crippen molar-refractivity contribution in [1.29, 1.82) is 0 Å². The van der Waals surface area contributed by atoms with E-state index < -0.39 is 0 Å². The van der Waals surface area contributed by atoms with Crippen molar-refractivity contribution < 1.29 is 9.84 Å². The number of aryl methyl sites for hydroxylation is 1. The fraction of sp³-hybridized carbons (Fsp3) is 0.739. The summed E-state index contributed by atoms with van der Waals surface area (Å²) in [5.74, 6) is 1.23. The Morgan fingerprint density at radius 2 is 1.20 bits per heavy atom. The number of unbranched alkanes of at least 4 members (excludes halogenated alkanes) is 13. The average molecular weight is 349 g/mol. The van der Waals surface area contributed by atoms with Crippen LogP contribution in [-0.2, 0) is 6.42 Å². The molecule has 0 heterocycles. The number of methoxy groups -OCH3 is 1. The zero-order chi connectivity index (χ0) is 18.2. The van der Waals surface area contributed by atoms with Crippen LogP contribution in [-0.4, -0.2) is 12.2 Å². The predicted molar refractivity (Wildman–Crippen MR) is 109 cm³/mol. The summed E-state index contributed by atoms with van der Waals surface area (Å²) in [6.45, 7) is 2.28. The number of rotatable bonds is 16. The van der Waals surface area contributed by atoms with E-state index in [-0.39, 0.29) is 0 Å². The molecule has 0 fully saturated rings. The van der Waals surface area contributed by atoms with Crippen molar-refractivity contribution in [1.82, 2.24) is 0 Å². The molecule has 0 spiro atoms. The van der Waals surface area contributed by atoms with Gasteiger partial charge < -0.3 is 9.84 Å². The van der Waals surface area contributed by atoms with Crippen molar-refractivity contribution in [3.05, 3.63) is 23.8 Å². The SMILES string of the molecule is CCCCCCCCCCCCCCCCc1cc(OC)ccc1O. The molecule has 0 atom stereocenters. The molecule has 1 aromatic carbocycles. The number of phenolic OH excluding ortho intramolecular Hbond substituents is 1. The zero-order valence-electron chi connectivity index (χ0n) is 16.7. The van der Waals surface area contributed by atoms with Crippen molar-refractivity contribution in [2.45, 2.75) is 103 Å². The molecule has 0 saturated carbocycles. The van der Waals surface area contributed by atoms with Gasteiger partial charge in [-0.1, -0.05) is 90.4 Å². The van der Waals surface area contributed by atoms with Gasteiger partial charge in [-0.25, -0.2) is 0 Å². The summed E-state index contributed by atoms with van der Waals surface area (Å²) in [6, 6.07) is 5.50. The van der Waals surface area contributed by atoms with E-state index in [1.165, 1.54) is 83.5 Å². The second-order valence-corrected chi connectivity index (χ2v) is 7.34. The van der Waals surface area contributed by atoms with E-state index >= 15 is 0 Å². The van der Waals surface area contributed by atoms with Gasteiger partial charge in [0.05, 0.1) is 7.11 Å². The smallest absolute Gasteiger partial charge is 0.119 e. The van der Waals surface area contributed by atoms with Gasteiger partial charge in [0.15, 0.2) is 0 Å². The van der Waals surface area contributed by atoms with E-state index in [0.29, 0.717) is 5.75 Å². The summed E-state index contributed by atoms with van der Waals surface area (Å²) in [5.41, 5.74) is 1.01. The molecule has 0 aliphatic carbocycles. The first kappa shape index (κ1) is 21.9. The molecule has 0 amide bonds. The highest BCUT2D eigenvalue weighted by Crippen LogP contribution is 2.24. The molecule has 0 aromatic heterocycles. The van der Waals surface area contributed by atoms with E-state index in [4.69, 9.17) is 4.74 Å². The molecule has 25 heavy (non-hydrogen) atoms. The molecular formula is C23H40O2. The quantitative estimate of drug-likeness (QED) is 0.315. The Labute approximate surface area is 156 Å². The van der Waals surface area contributed by atoms with Crippen LogP contribution in [0.2, 0.25) is 0 Å². The predicted octanol–water partition coefficient (Wildman–Crippen LogP) is 7.42. The van der Waals surface area contributed by atoms with Crippen LogP contribution in [0.5, 0.6) is 11.5 Å². The van der Waals surface area contributed by atoms with Crippen molar-refractivity contribution in [3.63, 3.8) is 0 Å². The molecule has 0 saturated heterocycles. The maximum Gasteiger partial charge on any atom is 0.119 e. The lowest BCUT2D eigenvalue weighted by Crippen LogP contribution is -1.90. The van der Waals surface area contributed by atoms with Crippen LogP contribution in [0.3, 0.4) is 0 Å². The monoisotopic (exact) mass is 348 g/mol. The van der Waals surface area contributed by atoms with Gasteiger partial charge in [-0.3, -0.25) is 0 Å². The number of hydrogen-bond donors (Lipinski definition) is 1. The molecular weight excluding hydrogens is 308 g/mol. The zero-order valence-corrected chi connectivity index (χ0v) is 16.7. The van der Waals surface area contributed by atoms with Gasteiger partial charge in [0, 0.05) is 0 Å². The first-order valence-corrected chi connectivity index (χ1v) is 10.6. The maximum atomic E-state index is 9.88. The first-order chi connectivity index (χ1) is 12.3. The number of hydrogen-bond acceptors (Lipinski definition) is 2. The third kappa shape index (κ3) is 11.1. The van der Waals surface area contributed by atoms with Gasteiger partial charge in [0.2, 0.25) is 0 Å². The van der Waals surface area contributed by atoms with Crippen molar-refractivity contribution >= 4 is 0 Å². The summed E-state index contributed by atoms with van der Waals surface area (Å²) in [7, 11) is 1.67. The third-order valence-electron chi connectivity index (χ3n) is 5.09. The van der Waals surface area contributed by atoms with Crippen LogP contribution in [0.25, 0.3) is 0 Å². The van der Waals surface area contributed by atoms with Gasteiger partial charge in [0.25, 0.3) is 0 Å². The Balaban J connectivity index is 1.89. The minimum Gasteiger partial charge on any atom is -0.508 e. The average Bonchev–Trinajstić information content (AvgIpc) is 2.63. The van der Waals surface area contributed by atoms with Gasteiger partial charge in [-0.05, 0) is 36.6 Å². The summed E-state index contributed by atoms with van der Waals surface area (Å²) >= 11 is 0. The molecule has 2 nitrogen and oxygen atoms in total. The molecule has 2 heteroatoms. The first-order valence-electron chi connectivity index (χ1n) is 10.6. The van der Waals surface area contributed by atoms with Gasteiger partial charge in [0.1, 0.15) is 11.5 Å². The molecule has 1 aromatic rings. The van der Waals surface area contributed by atoms with E-state index in [0.717, 1.165) is 24.2 Å². The van der Waals surface area contributed by atoms with Crippen LogP contribution in [0.15, 0.2) is 18.2 Å². The van der Waals surface area contributed by atoms with Crippen molar-refractivity contribution in [2.75, 3.05) is 7.11 Å². The van der Waals surface area contributed by atoms with Crippen LogP contribution in [0.1, 0.15) is 102 Å². The van der Waals surface area contributed by atoms with E-state index in [1.807, 2.05) is 12.1 Å². The number of benzene rings is 1. The van der Waals surface area contributed by atoms with Gasteiger partial charge in [-0.15, -0.1) is 0 Å². The number of aromatic hydroxyl groups is 1. The Morgan fingerprint density at radius 3 is 1.68 bits per heavy atom. The lowest BCUT2D eigenvalue weighted by atomic mass is 10.0. The molecule has 0 bridgehead atoms. The molecule has 0 aliphatic heterocycles.